The van der Waals surface area contributed by atoms with Crippen molar-refractivity contribution in [2.45, 2.75) is 84.2 Å². The number of nitrogens with one attached hydrogen (secondary N) is 1. The van der Waals surface area contributed by atoms with Gasteiger partial charge in [0.2, 0.25) is 5.91 Å². The number of likely N-dealkylation sites (N-methyl/N-ethyl adjacent to an activating group) is 1. The Morgan fingerprint density at radius 3 is 2.48 bits per heavy atom. The first-order valence-corrected chi connectivity index (χ1v) is 8.91. The van der Waals surface area contributed by atoms with Gasteiger partial charge in [0.1, 0.15) is 0 Å². The number of carbonyl (C=O) groups excluding carboxylic acids is 1. The first-order chi connectivity index (χ1) is 9.93. The number of carbonyl (C=O) groups is 1. The Morgan fingerprint density at radius 2 is 1.90 bits per heavy atom. The fourth-order valence-corrected chi connectivity index (χ4v) is 3.55. The van der Waals surface area contributed by atoms with Crippen LogP contribution in [-0.2, 0) is 4.79 Å². The molecule has 0 aromatic rings. The van der Waals surface area contributed by atoms with Gasteiger partial charge in [-0.1, -0.05) is 46.5 Å². The highest BCUT2D eigenvalue weighted by Gasteiger charge is 2.26. The summed E-state index contributed by atoms with van der Waals surface area (Å²) in [4.78, 5) is 14.1. The SMILES string of the molecule is CCCC1CCCC(NC(CC(C)C)C(=O)N(C)C)CC1. The molecule has 1 fully saturated rings. The van der Waals surface area contributed by atoms with E-state index in [0.29, 0.717) is 12.0 Å². The summed E-state index contributed by atoms with van der Waals surface area (Å²) in [6.45, 7) is 6.68. The fraction of sp³-hybridized carbons (Fsp3) is 0.944. The van der Waals surface area contributed by atoms with Crippen LogP contribution in [0, 0.1) is 11.8 Å². The van der Waals surface area contributed by atoms with E-state index in [-0.39, 0.29) is 11.9 Å². The molecule has 3 heteroatoms. The second-order valence-electron chi connectivity index (χ2n) is 7.44. The molecule has 1 aliphatic carbocycles. The van der Waals surface area contributed by atoms with Crippen LogP contribution >= 0.6 is 0 Å². The van der Waals surface area contributed by atoms with Crippen molar-refractivity contribution < 1.29 is 4.79 Å². The van der Waals surface area contributed by atoms with E-state index in [1.807, 2.05) is 14.1 Å². The fourth-order valence-electron chi connectivity index (χ4n) is 3.55. The smallest absolute Gasteiger partial charge is 0.239 e. The molecule has 3 atom stereocenters. The Balaban J connectivity index is 2.55. The van der Waals surface area contributed by atoms with Gasteiger partial charge in [-0.25, -0.2) is 0 Å². The van der Waals surface area contributed by atoms with E-state index in [4.69, 9.17) is 0 Å². The van der Waals surface area contributed by atoms with E-state index >= 15 is 0 Å². The van der Waals surface area contributed by atoms with Crippen molar-refractivity contribution in [3.8, 4) is 0 Å². The van der Waals surface area contributed by atoms with Crippen LogP contribution in [0.15, 0.2) is 0 Å². The van der Waals surface area contributed by atoms with Crippen molar-refractivity contribution in [1.82, 2.24) is 10.2 Å². The van der Waals surface area contributed by atoms with E-state index in [0.717, 1.165) is 12.3 Å². The van der Waals surface area contributed by atoms with Crippen LogP contribution in [0.2, 0.25) is 0 Å². The maximum atomic E-state index is 12.4. The lowest BCUT2D eigenvalue weighted by molar-refractivity contribution is -0.131. The molecule has 0 bridgehead atoms. The number of rotatable bonds is 7. The molecule has 1 N–H and O–H groups in total. The molecule has 3 unspecified atom stereocenters. The molecule has 124 valence electrons. The summed E-state index contributed by atoms with van der Waals surface area (Å²) in [7, 11) is 3.73. The third-order valence-electron chi connectivity index (χ3n) is 4.67. The van der Waals surface area contributed by atoms with Crippen LogP contribution in [0.25, 0.3) is 0 Å². The van der Waals surface area contributed by atoms with Crippen LogP contribution in [0.1, 0.15) is 72.1 Å². The van der Waals surface area contributed by atoms with Crippen molar-refractivity contribution in [1.29, 1.82) is 0 Å². The molecular weight excluding hydrogens is 260 g/mol. The first-order valence-electron chi connectivity index (χ1n) is 8.91. The van der Waals surface area contributed by atoms with Crippen molar-refractivity contribution in [2.75, 3.05) is 14.1 Å². The van der Waals surface area contributed by atoms with Gasteiger partial charge in [-0.2, -0.15) is 0 Å². The summed E-state index contributed by atoms with van der Waals surface area (Å²) in [5.74, 6) is 1.69. The Labute approximate surface area is 131 Å². The summed E-state index contributed by atoms with van der Waals surface area (Å²) < 4.78 is 0. The van der Waals surface area contributed by atoms with Crippen molar-refractivity contribution >= 4 is 5.91 Å². The molecule has 21 heavy (non-hydrogen) atoms. The topological polar surface area (TPSA) is 32.3 Å². The third kappa shape index (κ3) is 6.82. The van der Waals surface area contributed by atoms with Gasteiger partial charge in [0.05, 0.1) is 6.04 Å². The second-order valence-corrected chi connectivity index (χ2v) is 7.44. The molecule has 0 saturated heterocycles. The lowest BCUT2D eigenvalue weighted by Crippen LogP contribution is -2.48. The maximum absolute atomic E-state index is 12.4. The Kier molecular flexibility index (Phi) is 8.31. The van der Waals surface area contributed by atoms with Gasteiger partial charge < -0.3 is 10.2 Å². The molecule has 0 radical (unpaired) electrons. The Bertz CT molecular complexity index is 302. The standard InChI is InChI=1S/C18H36N2O/c1-6-8-15-9-7-10-16(12-11-15)19-17(13-14(2)3)18(21)20(4)5/h14-17,19H,6-13H2,1-5H3. The van der Waals surface area contributed by atoms with E-state index in [2.05, 4.69) is 26.1 Å². The highest BCUT2D eigenvalue weighted by Crippen LogP contribution is 2.27. The van der Waals surface area contributed by atoms with Crippen LogP contribution in [0.4, 0.5) is 0 Å². The van der Waals surface area contributed by atoms with Gasteiger partial charge in [-0.15, -0.1) is 0 Å². The highest BCUT2D eigenvalue weighted by molar-refractivity contribution is 5.81. The van der Waals surface area contributed by atoms with E-state index < -0.39 is 0 Å². The number of hydrogen-bond acceptors (Lipinski definition) is 2. The predicted octanol–water partition coefficient (Wildman–Crippen LogP) is 3.83. The molecule has 0 aromatic heterocycles. The van der Waals surface area contributed by atoms with Gasteiger partial charge >= 0.3 is 0 Å². The van der Waals surface area contributed by atoms with Crippen LogP contribution in [0.3, 0.4) is 0 Å². The largest absolute Gasteiger partial charge is 0.347 e. The predicted molar refractivity (Wildman–Crippen MR) is 90.3 cm³/mol. The molecule has 0 spiro atoms. The average molecular weight is 296 g/mol. The summed E-state index contributed by atoms with van der Waals surface area (Å²) in [5.41, 5.74) is 0. The maximum Gasteiger partial charge on any atom is 0.239 e. The third-order valence-corrected chi connectivity index (χ3v) is 4.67. The van der Waals surface area contributed by atoms with Gasteiger partial charge in [-0.05, 0) is 37.5 Å². The quantitative estimate of drug-likeness (QED) is 0.724. The molecule has 1 rings (SSSR count). The molecule has 0 aromatic carbocycles. The normalized spacial score (nSPS) is 24.7. The lowest BCUT2D eigenvalue weighted by Gasteiger charge is -2.27. The van der Waals surface area contributed by atoms with Crippen LogP contribution in [-0.4, -0.2) is 37.0 Å². The second kappa shape index (κ2) is 9.45. The molecule has 3 nitrogen and oxygen atoms in total. The summed E-state index contributed by atoms with van der Waals surface area (Å²) in [6.07, 6.45) is 10.1. The molecule has 0 heterocycles. The molecular formula is C18H36N2O. The Hall–Kier alpha value is -0.570. The zero-order chi connectivity index (χ0) is 15.8. The first kappa shape index (κ1) is 18.5. The zero-order valence-corrected chi connectivity index (χ0v) is 14.8. The van der Waals surface area contributed by atoms with Crippen LogP contribution < -0.4 is 5.32 Å². The zero-order valence-electron chi connectivity index (χ0n) is 14.8. The minimum atomic E-state index is -0.00674. The molecule has 1 amide bonds. The lowest BCUT2D eigenvalue weighted by atomic mass is 9.95. The van der Waals surface area contributed by atoms with Crippen molar-refractivity contribution in [3.05, 3.63) is 0 Å². The molecule has 1 aliphatic rings. The van der Waals surface area contributed by atoms with E-state index in [1.165, 1.54) is 44.9 Å². The average Bonchev–Trinajstić information content (AvgIpc) is 2.62. The number of nitrogens with zero attached hydrogens (tertiary/aromatic N) is 1. The summed E-state index contributed by atoms with van der Waals surface area (Å²) in [6, 6.07) is 0.521. The summed E-state index contributed by atoms with van der Waals surface area (Å²) in [5, 5.41) is 3.68. The monoisotopic (exact) mass is 296 g/mol. The van der Waals surface area contributed by atoms with Crippen molar-refractivity contribution in [2.24, 2.45) is 11.8 Å². The van der Waals surface area contributed by atoms with Crippen LogP contribution in [0.5, 0.6) is 0 Å². The van der Waals surface area contributed by atoms with Gasteiger partial charge in [-0.3, -0.25) is 4.79 Å². The molecule has 0 aliphatic heterocycles. The Morgan fingerprint density at radius 1 is 1.19 bits per heavy atom. The minimum absolute atomic E-state index is 0.00674. The van der Waals surface area contributed by atoms with Gasteiger partial charge in [0.15, 0.2) is 0 Å². The number of amides is 1. The van der Waals surface area contributed by atoms with Crippen molar-refractivity contribution in [3.63, 3.8) is 0 Å². The minimum Gasteiger partial charge on any atom is -0.347 e. The highest BCUT2D eigenvalue weighted by atomic mass is 16.2. The van der Waals surface area contributed by atoms with Gasteiger partial charge in [0.25, 0.3) is 0 Å². The molecule has 1 saturated carbocycles. The van der Waals surface area contributed by atoms with Gasteiger partial charge in [0, 0.05) is 20.1 Å². The van der Waals surface area contributed by atoms with E-state index in [9.17, 15) is 4.79 Å². The summed E-state index contributed by atoms with van der Waals surface area (Å²) >= 11 is 0. The van der Waals surface area contributed by atoms with E-state index in [1.54, 1.807) is 4.90 Å². The number of hydrogen-bond donors (Lipinski definition) is 1.